The van der Waals surface area contributed by atoms with E-state index in [2.05, 4.69) is 37.4 Å². The molecule has 0 radical (unpaired) electrons. The number of carbonyl (C=O) groups is 1. The normalized spacial score (nSPS) is 19.9. The first-order valence-corrected chi connectivity index (χ1v) is 8.02. The lowest BCUT2D eigenvalue weighted by molar-refractivity contribution is -0.121. The molecule has 2 atom stereocenters. The molecule has 0 aliphatic heterocycles. The van der Waals surface area contributed by atoms with Crippen LogP contribution in [0, 0.1) is 12.8 Å². The molecule has 3 rings (SSSR count). The second-order valence-electron chi connectivity index (χ2n) is 6.39. The third-order valence-corrected chi connectivity index (χ3v) is 4.33. The molecule has 22 heavy (non-hydrogen) atoms. The molecular formula is C19H23NO2. The summed E-state index contributed by atoms with van der Waals surface area (Å²) in [5, 5.41) is 2.96. The van der Waals surface area contributed by atoms with Gasteiger partial charge in [0.2, 0.25) is 5.91 Å². The van der Waals surface area contributed by atoms with Gasteiger partial charge in [-0.1, -0.05) is 36.8 Å². The first-order chi connectivity index (χ1) is 10.6. The minimum Gasteiger partial charge on any atom is -0.466 e. The van der Waals surface area contributed by atoms with E-state index < -0.39 is 0 Å². The minimum absolute atomic E-state index is 0.0687. The molecule has 0 bridgehead atoms. The molecule has 0 saturated heterocycles. The molecule has 2 aromatic rings. The quantitative estimate of drug-likeness (QED) is 0.877. The number of carbonyl (C=O) groups excluding carboxylic acids is 1. The summed E-state index contributed by atoms with van der Waals surface area (Å²) in [4.78, 5) is 11.9. The van der Waals surface area contributed by atoms with E-state index in [0.29, 0.717) is 25.3 Å². The molecule has 1 N–H and O–H groups in total. The van der Waals surface area contributed by atoms with E-state index in [-0.39, 0.29) is 5.91 Å². The van der Waals surface area contributed by atoms with Gasteiger partial charge in [0.05, 0.1) is 0 Å². The van der Waals surface area contributed by atoms with Gasteiger partial charge in [-0.2, -0.15) is 0 Å². The van der Waals surface area contributed by atoms with Gasteiger partial charge in [0.15, 0.2) is 0 Å². The maximum Gasteiger partial charge on any atom is 0.220 e. The first kappa shape index (κ1) is 14.9. The standard InChI is InChI=1S/C19H23NO2/c1-13-4-3-5-15(10-13)12-20-19(21)9-7-16-6-8-18(22-16)17-11-14(17)2/h3-6,8,10,14,17H,7,9,11-12H2,1-2H3,(H,20,21)/t14-,17-/m0/s1. The number of hydrogen-bond acceptors (Lipinski definition) is 2. The summed E-state index contributed by atoms with van der Waals surface area (Å²) in [6, 6.07) is 12.3. The first-order valence-electron chi connectivity index (χ1n) is 8.02. The highest BCUT2D eigenvalue weighted by molar-refractivity contribution is 5.76. The van der Waals surface area contributed by atoms with Gasteiger partial charge in [-0.15, -0.1) is 0 Å². The van der Waals surface area contributed by atoms with E-state index in [1.54, 1.807) is 0 Å². The van der Waals surface area contributed by atoms with Crippen LogP contribution in [-0.4, -0.2) is 5.91 Å². The Morgan fingerprint density at radius 3 is 2.86 bits per heavy atom. The molecule has 3 heteroatoms. The van der Waals surface area contributed by atoms with Crippen molar-refractivity contribution in [1.82, 2.24) is 5.32 Å². The second-order valence-corrected chi connectivity index (χ2v) is 6.39. The average molecular weight is 297 g/mol. The van der Waals surface area contributed by atoms with Gasteiger partial charge in [0.25, 0.3) is 0 Å². The highest BCUT2D eigenvalue weighted by Gasteiger charge is 2.36. The monoisotopic (exact) mass is 297 g/mol. The van der Waals surface area contributed by atoms with Crippen molar-refractivity contribution >= 4 is 5.91 Å². The number of hydrogen-bond donors (Lipinski definition) is 1. The predicted molar refractivity (Wildman–Crippen MR) is 86.6 cm³/mol. The van der Waals surface area contributed by atoms with E-state index in [4.69, 9.17) is 4.42 Å². The van der Waals surface area contributed by atoms with E-state index >= 15 is 0 Å². The van der Waals surface area contributed by atoms with Gasteiger partial charge in [0.1, 0.15) is 11.5 Å². The maximum absolute atomic E-state index is 11.9. The van der Waals surface area contributed by atoms with Crippen molar-refractivity contribution in [2.75, 3.05) is 0 Å². The van der Waals surface area contributed by atoms with Crippen LogP contribution in [0.2, 0.25) is 0 Å². The zero-order valence-corrected chi connectivity index (χ0v) is 13.3. The third-order valence-electron chi connectivity index (χ3n) is 4.33. The lowest BCUT2D eigenvalue weighted by Gasteiger charge is -2.05. The Morgan fingerprint density at radius 1 is 1.32 bits per heavy atom. The molecule has 1 aromatic carbocycles. The van der Waals surface area contributed by atoms with Crippen LogP contribution in [0.25, 0.3) is 0 Å². The average Bonchev–Trinajstić information content (AvgIpc) is 3.05. The van der Waals surface area contributed by atoms with Gasteiger partial charge >= 0.3 is 0 Å². The number of aryl methyl sites for hydroxylation is 2. The Balaban J connectivity index is 1.43. The molecule has 1 aliphatic carbocycles. The molecule has 1 saturated carbocycles. The Labute approximate surface area is 131 Å². The lowest BCUT2D eigenvalue weighted by Crippen LogP contribution is -2.22. The fourth-order valence-corrected chi connectivity index (χ4v) is 2.79. The second kappa shape index (κ2) is 6.39. The highest BCUT2D eigenvalue weighted by Crippen LogP contribution is 2.47. The van der Waals surface area contributed by atoms with Crippen molar-refractivity contribution < 1.29 is 9.21 Å². The van der Waals surface area contributed by atoms with Gasteiger partial charge in [-0.3, -0.25) is 4.79 Å². The largest absolute Gasteiger partial charge is 0.466 e. The summed E-state index contributed by atoms with van der Waals surface area (Å²) in [5.41, 5.74) is 2.35. The van der Waals surface area contributed by atoms with Crippen LogP contribution in [0.4, 0.5) is 0 Å². The summed E-state index contributed by atoms with van der Waals surface area (Å²) >= 11 is 0. The Hall–Kier alpha value is -2.03. The highest BCUT2D eigenvalue weighted by atomic mass is 16.3. The molecule has 3 nitrogen and oxygen atoms in total. The Bertz CT molecular complexity index is 659. The Morgan fingerprint density at radius 2 is 2.14 bits per heavy atom. The minimum atomic E-state index is 0.0687. The number of furan rings is 1. The SMILES string of the molecule is Cc1cccc(CNC(=O)CCc2ccc([C@H]3C[C@@H]3C)o2)c1. The molecule has 0 unspecified atom stereocenters. The molecule has 116 valence electrons. The molecule has 1 aromatic heterocycles. The fourth-order valence-electron chi connectivity index (χ4n) is 2.79. The zero-order valence-electron chi connectivity index (χ0n) is 13.3. The summed E-state index contributed by atoms with van der Waals surface area (Å²) in [7, 11) is 0. The van der Waals surface area contributed by atoms with Crippen molar-refractivity contribution in [3.05, 3.63) is 59.0 Å². The molecule has 1 aliphatic rings. The number of benzene rings is 1. The van der Waals surface area contributed by atoms with E-state index in [1.807, 2.05) is 18.2 Å². The fraction of sp³-hybridized carbons (Fsp3) is 0.421. The van der Waals surface area contributed by atoms with Crippen molar-refractivity contribution in [1.29, 1.82) is 0 Å². The van der Waals surface area contributed by atoms with Crippen LogP contribution in [0.5, 0.6) is 0 Å². The van der Waals surface area contributed by atoms with Crippen LogP contribution in [0.15, 0.2) is 40.8 Å². The molecule has 1 fully saturated rings. The van der Waals surface area contributed by atoms with Crippen LogP contribution in [0.3, 0.4) is 0 Å². The van der Waals surface area contributed by atoms with Crippen LogP contribution >= 0.6 is 0 Å². The Kier molecular flexibility index (Phi) is 4.32. The molecular weight excluding hydrogens is 274 g/mol. The van der Waals surface area contributed by atoms with Crippen molar-refractivity contribution in [2.24, 2.45) is 5.92 Å². The number of rotatable bonds is 6. The predicted octanol–water partition coefficient (Wildman–Crippen LogP) is 3.96. The summed E-state index contributed by atoms with van der Waals surface area (Å²) < 4.78 is 5.83. The van der Waals surface area contributed by atoms with Crippen LogP contribution in [0.1, 0.15) is 48.3 Å². The molecule has 1 amide bonds. The van der Waals surface area contributed by atoms with E-state index in [0.717, 1.165) is 23.0 Å². The molecule has 1 heterocycles. The van der Waals surface area contributed by atoms with Crippen molar-refractivity contribution in [2.45, 2.75) is 45.6 Å². The maximum atomic E-state index is 11.9. The van der Waals surface area contributed by atoms with Gasteiger partial charge in [-0.25, -0.2) is 0 Å². The van der Waals surface area contributed by atoms with Gasteiger partial charge < -0.3 is 9.73 Å². The van der Waals surface area contributed by atoms with Gasteiger partial charge in [-0.05, 0) is 37.0 Å². The van der Waals surface area contributed by atoms with E-state index in [9.17, 15) is 4.79 Å². The zero-order chi connectivity index (χ0) is 15.5. The third kappa shape index (κ3) is 3.79. The molecule has 0 spiro atoms. The van der Waals surface area contributed by atoms with E-state index in [1.165, 1.54) is 12.0 Å². The topological polar surface area (TPSA) is 42.2 Å². The number of amides is 1. The lowest BCUT2D eigenvalue weighted by atomic mass is 10.1. The van der Waals surface area contributed by atoms with Crippen molar-refractivity contribution in [3.8, 4) is 0 Å². The summed E-state index contributed by atoms with van der Waals surface area (Å²) in [6.45, 7) is 4.88. The summed E-state index contributed by atoms with van der Waals surface area (Å²) in [5.74, 6) is 3.42. The smallest absolute Gasteiger partial charge is 0.220 e. The van der Waals surface area contributed by atoms with Gasteiger partial charge in [0, 0.05) is 25.3 Å². The van der Waals surface area contributed by atoms with Crippen LogP contribution < -0.4 is 5.32 Å². The van der Waals surface area contributed by atoms with Crippen LogP contribution in [-0.2, 0) is 17.8 Å². The van der Waals surface area contributed by atoms with Crippen molar-refractivity contribution in [3.63, 3.8) is 0 Å². The summed E-state index contributed by atoms with van der Waals surface area (Å²) in [6.07, 6.45) is 2.36. The number of nitrogens with one attached hydrogen (secondary N) is 1.